The van der Waals surface area contributed by atoms with E-state index in [2.05, 4.69) is 0 Å². The molecule has 126 valence electrons. The van der Waals surface area contributed by atoms with Gasteiger partial charge in [0.2, 0.25) is 0 Å². The van der Waals surface area contributed by atoms with Gasteiger partial charge in [-0.25, -0.2) is 0 Å². The molecule has 0 radical (unpaired) electrons. The number of nitrogens with zero attached hydrogens (tertiary/aromatic N) is 1. The van der Waals surface area contributed by atoms with E-state index in [1.54, 1.807) is 0 Å². The molecule has 4 heteroatoms. The van der Waals surface area contributed by atoms with Crippen LogP contribution in [-0.4, -0.2) is 43.2 Å². The molecule has 1 aromatic rings. The molecule has 1 aliphatic heterocycles. The summed E-state index contributed by atoms with van der Waals surface area (Å²) < 4.78 is 11.4. The molecule has 0 aromatic heterocycles. The van der Waals surface area contributed by atoms with Gasteiger partial charge >= 0.3 is 0 Å². The third-order valence-electron chi connectivity index (χ3n) is 4.86. The first-order chi connectivity index (χ1) is 11.3. The summed E-state index contributed by atoms with van der Waals surface area (Å²) in [7, 11) is 0. The third-order valence-corrected chi connectivity index (χ3v) is 4.86. The summed E-state index contributed by atoms with van der Waals surface area (Å²) in [6, 6.07) is 7.66. The normalized spacial score (nSPS) is 21.5. The second-order valence-electron chi connectivity index (χ2n) is 6.63. The lowest BCUT2D eigenvalue weighted by molar-refractivity contribution is 0.0730. The van der Waals surface area contributed by atoms with Crippen LogP contribution in [-0.2, 0) is 4.74 Å². The Morgan fingerprint density at radius 2 is 2.13 bits per heavy atom. The van der Waals surface area contributed by atoms with Crippen molar-refractivity contribution in [2.75, 3.05) is 26.3 Å². The fourth-order valence-electron chi connectivity index (χ4n) is 3.48. The van der Waals surface area contributed by atoms with Gasteiger partial charge in [0.25, 0.3) is 5.91 Å². The summed E-state index contributed by atoms with van der Waals surface area (Å²) in [5.41, 5.74) is 0.723. The maximum absolute atomic E-state index is 12.8. The topological polar surface area (TPSA) is 38.8 Å². The Bertz CT molecular complexity index is 519. The van der Waals surface area contributed by atoms with Crippen molar-refractivity contribution >= 4 is 5.91 Å². The molecule has 3 rings (SSSR count). The van der Waals surface area contributed by atoms with E-state index in [0.29, 0.717) is 12.0 Å². The van der Waals surface area contributed by atoms with Crippen LogP contribution in [0.5, 0.6) is 5.75 Å². The molecule has 1 saturated carbocycles. The Hall–Kier alpha value is -1.55. The Balaban J connectivity index is 1.64. The lowest BCUT2D eigenvalue weighted by Gasteiger charge is -2.24. The van der Waals surface area contributed by atoms with Gasteiger partial charge < -0.3 is 14.4 Å². The van der Waals surface area contributed by atoms with Crippen LogP contribution < -0.4 is 4.74 Å². The molecule has 1 aliphatic carbocycles. The fourth-order valence-corrected chi connectivity index (χ4v) is 3.48. The molecule has 2 aliphatic rings. The summed E-state index contributed by atoms with van der Waals surface area (Å²) in [5, 5.41) is 0. The van der Waals surface area contributed by atoms with E-state index in [1.807, 2.05) is 36.1 Å². The standard InChI is InChI=1S/C19H27NO3/c1-2-20(13-15-10-11-22-14-15)19(21)16-6-5-9-18(12-16)23-17-7-3-4-8-17/h5-6,9,12,15,17H,2-4,7-8,10-11,13-14H2,1H3/t15-/m0/s1. The van der Waals surface area contributed by atoms with Crippen LogP contribution in [0.15, 0.2) is 24.3 Å². The minimum Gasteiger partial charge on any atom is -0.490 e. The van der Waals surface area contributed by atoms with Gasteiger partial charge in [-0.15, -0.1) is 0 Å². The summed E-state index contributed by atoms with van der Waals surface area (Å²) in [4.78, 5) is 14.7. The quantitative estimate of drug-likeness (QED) is 0.806. The van der Waals surface area contributed by atoms with Crippen LogP contribution >= 0.6 is 0 Å². The first kappa shape index (κ1) is 16.3. The Labute approximate surface area is 138 Å². The van der Waals surface area contributed by atoms with Gasteiger partial charge in [0.05, 0.1) is 12.7 Å². The van der Waals surface area contributed by atoms with E-state index in [0.717, 1.165) is 56.9 Å². The molecule has 2 fully saturated rings. The van der Waals surface area contributed by atoms with Crippen LogP contribution in [0.25, 0.3) is 0 Å². The monoisotopic (exact) mass is 317 g/mol. The van der Waals surface area contributed by atoms with Crippen LogP contribution in [0.4, 0.5) is 0 Å². The lowest BCUT2D eigenvalue weighted by atomic mass is 10.1. The summed E-state index contributed by atoms with van der Waals surface area (Å²) in [6.07, 6.45) is 6.11. The minimum absolute atomic E-state index is 0.0938. The number of carbonyl (C=O) groups excluding carboxylic acids is 1. The predicted octanol–water partition coefficient (Wildman–Crippen LogP) is 3.51. The molecular weight excluding hydrogens is 290 g/mol. The molecule has 4 nitrogen and oxygen atoms in total. The largest absolute Gasteiger partial charge is 0.490 e. The molecule has 0 N–H and O–H groups in total. The van der Waals surface area contributed by atoms with Gasteiger partial charge in [-0.05, 0) is 57.2 Å². The van der Waals surface area contributed by atoms with Gasteiger partial charge in [0, 0.05) is 31.2 Å². The molecule has 1 saturated heterocycles. The van der Waals surface area contributed by atoms with Crippen molar-refractivity contribution in [3.8, 4) is 5.75 Å². The van der Waals surface area contributed by atoms with Gasteiger partial charge in [-0.1, -0.05) is 6.07 Å². The molecule has 23 heavy (non-hydrogen) atoms. The van der Waals surface area contributed by atoms with Crippen molar-refractivity contribution in [3.05, 3.63) is 29.8 Å². The van der Waals surface area contributed by atoms with Crippen LogP contribution in [0.1, 0.15) is 49.4 Å². The fraction of sp³-hybridized carbons (Fsp3) is 0.632. The second-order valence-corrected chi connectivity index (χ2v) is 6.63. The number of amides is 1. The zero-order valence-electron chi connectivity index (χ0n) is 14.0. The molecule has 1 aromatic carbocycles. The van der Waals surface area contributed by atoms with Crippen molar-refractivity contribution in [2.45, 2.75) is 45.1 Å². The number of hydrogen-bond donors (Lipinski definition) is 0. The van der Waals surface area contributed by atoms with Crippen molar-refractivity contribution in [1.29, 1.82) is 0 Å². The summed E-state index contributed by atoms with van der Waals surface area (Å²) in [6.45, 7) is 5.13. The molecular formula is C19H27NO3. The highest BCUT2D eigenvalue weighted by molar-refractivity contribution is 5.94. The van der Waals surface area contributed by atoms with Crippen molar-refractivity contribution in [1.82, 2.24) is 4.90 Å². The lowest BCUT2D eigenvalue weighted by Crippen LogP contribution is -2.35. The first-order valence-corrected chi connectivity index (χ1v) is 8.90. The van der Waals surface area contributed by atoms with Gasteiger partial charge in [0.1, 0.15) is 5.75 Å². The summed E-state index contributed by atoms with van der Waals surface area (Å²) in [5.74, 6) is 1.39. The van der Waals surface area contributed by atoms with Crippen molar-refractivity contribution in [2.24, 2.45) is 5.92 Å². The van der Waals surface area contributed by atoms with Gasteiger partial charge in [-0.3, -0.25) is 4.79 Å². The molecule has 1 heterocycles. The Morgan fingerprint density at radius 1 is 1.30 bits per heavy atom. The summed E-state index contributed by atoms with van der Waals surface area (Å²) >= 11 is 0. The number of rotatable bonds is 6. The average Bonchev–Trinajstić information content (AvgIpc) is 3.26. The minimum atomic E-state index is 0.0938. The van der Waals surface area contributed by atoms with E-state index in [-0.39, 0.29) is 5.91 Å². The van der Waals surface area contributed by atoms with Crippen LogP contribution in [0.3, 0.4) is 0 Å². The number of hydrogen-bond acceptors (Lipinski definition) is 3. The maximum atomic E-state index is 12.8. The highest BCUT2D eigenvalue weighted by atomic mass is 16.5. The van der Waals surface area contributed by atoms with Gasteiger partial charge in [-0.2, -0.15) is 0 Å². The Morgan fingerprint density at radius 3 is 2.83 bits per heavy atom. The van der Waals surface area contributed by atoms with Gasteiger partial charge in [0.15, 0.2) is 0 Å². The second kappa shape index (κ2) is 7.82. The molecule has 0 bridgehead atoms. The van der Waals surface area contributed by atoms with E-state index in [4.69, 9.17) is 9.47 Å². The predicted molar refractivity (Wildman–Crippen MR) is 89.8 cm³/mol. The third kappa shape index (κ3) is 4.25. The average molecular weight is 317 g/mol. The zero-order valence-corrected chi connectivity index (χ0v) is 14.0. The van der Waals surface area contributed by atoms with E-state index >= 15 is 0 Å². The van der Waals surface area contributed by atoms with Crippen molar-refractivity contribution in [3.63, 3.8) is 0 Å². The smallest absolute Gasteiger partial charge is 0.253 e. The number of benzene rings is 1. The number of carbonyl (C=O) groups is 1. The Kier molecular flexibility index (Phi) is 5.55. The number of ether oxygens (including phenoxy) is 2. The highest BCUT2D eigenvalue weighted by Gasteiger charge is 2.23. The molecule has 1 atom stereocenters. The van der Waals surface area contributed by atoms with Crippen LogP contribution in [0, 0.1) is 5.92 Å². The van der Waals surface area contributed by atoms with E-state index in [9.17, 15) is 4.79 Å². The SMILES string of the molecule is CCN(C[C@@H]1CCOC1)C(=O)c1cccc(OC2CCCC2)c1. The zero-order chi connectivity index (χ0) is 16.1. The molecule has 0 unspecified atom stereocenters. The van der Waals surface area contributed by atoms with Crippen LogP contribution in [0.2, 0.25) is 0 Å². The van der Waals surface area contributed by atoms with E-state index in [1.165, 1.54) is 12.8 Å². The molecule has 0 spiro atoms. The van der Waals surface area contributed by atoms with Crippen molar-refractivity contribution < 1.29 is 14.3 Å². The highest BCUT2D eigenvalue weighted by Crippen LogP contribution is 2.25. The maximum Gasteiger partial charge on any atom is 0.253 e. The van der Waals surface area contributed by atoms with E-state index < -0.39 is 0 Å². The first-order valence-electron chi connectivity index (χ1n) is 8.90. The molecule has 1 amide bonds.